The zero-order chi connectivity index (χ0) is 9.84. The Morgan fingerprint density at radius 1 is 1.54 bits per heavy atom. The molecule has 1 rings (SSSR count). The standard InChI is InChI=1S/C8H10N2O3/c1-5(2)13-8(12)6-3-4-7(11)10-9-6/h3-5H,1-2H3,(H,10,11). The number of aromatic amines is 1. The van der Waals surface area contributed by atoms with Crippen molar-refractivity contribution in [3.63, 3.8) is 0 Å². The van der Waals surface area contributed by atoms with Gasteiger partial charge in [-0.05, 0) is 19.9 Å². The summed E-state index contributed by atoms with van der Waals surface area (Å²) in [7, 11) is 0. The molecule has 0 radical (unpaired) electrons. The summed E-state index contributed by atoms with van der Waals surface area (Å²) in [6, 6.07) is 2.55. The average molecular weight is 182 g/mol. The molecule has 1 aromatic heterocycles. The minimum Gasteiger partial charge on any atom is -0.458 e. The van der Waals surface area contributed by atoms with Crippen LogP contribution >= 0.6 is 0 Å². The lowest BCUT2D eigenvalue weighted by atomic mass is 10.4. The topological polar surface area (TPSA) is 72.1 Å². The summed E-state index contributed by atoms with van der Waals surface area (Å²) in [6.45, 7) is 3.48. The molecule has 0 aliphatic carbocycles. The first-order chi connectivity index (χ1) is 6.09. The van der Waals surface area contributed by atoms with Gasteiger partial charge in [0, 0.05) is 6.07 Å². The van der Waals surface area contributed by atoms with Gasteiger partial charge in [0.25, 0.3) is 5.56 Å². The predicted molar refractivity (Wildman–Crippen MR) is 45.4 cm³/mol. The van der Waals surface area contributed by atoms with Crippen molar-refractivity contribution in [3.05, 3.63) is 28.2 Å². The van der Waals surface area contributed by atoms with Gasteiger partial charge in [0.2, 0.25) is 0 Å². The van der Waals surface area contributed by atoms with E-state index in [1.54, 1.807) is 13.8 Å². The minimum absolute atomic E-state index is 0.105. The largest absolute Gasteiger partial charge is 0.458 e. The SMILES string of the molecule is CC(C)OC(=O)c1ccc(=O)[nH]n1. The molecule has 1 N–H and O–H groups in total. The minimum atomic E-state index is -0.536. The monoisotopic (exact) mass is 182 g/mol. The van der Waals surface area contributed by atoms with Crippen LogP contribution in [0.5, 0.6) is 0 Å². The number of ether oxygens (including phenoxy) is 1. The first-order valence-electron chi connectivity index (χ1n) is 3.86. The lowest BCUT2D eigenvalue weighted by molar-refractivity contribution is 0.0369. The Balaban J connectivity index is 2.78. The molecule has 0 aliphatic rings. The quantitative estimate of drug-likeness (QED) is 0.669. The number of nitrogens with one attached hydrogen (secondary N) is 1. The molecular formula is C8H10N2O3. The Morgan fingerprint density at radius 2 is 2.23 bits per heavy atom. The van der Waals surface area contributed by atoms with Crippen molar-refractivity contribution in [1.29, 1.82) is 0 Å². The number of hydrogen-bond acceptors (Lipinski definition) is 4. The predicted octanol–water partition coefficient (Wildman–Crippen LogP) is 0.335. The molecule has 0 spiro atoms. The normalized spacial score (nSPS) is 10.1. The van der Waals surface area contributed by atoms with Gasteiger partial charge in [-0.1, -0.05) is 0 Å². The first-order valence-corrected chi connectivity index (χ1v) is 3.86. The third-order valence-electron chi connectivity index (χ3n) is 1.23. The Kier molecular flexibility index (Phi) is 2.79. The van der Waals surface area contributed by atoms with Crippen molar-refractivity contribution >= 4 is 5.97 Å². The molecule has 0 atom stereocenters. The van der Waals surface area contributed by atoms with Gasteiger partial charge in [-0.2, -0.15) is 5.10 Å². The van der Waals surface area contributed by atoms with E-state index >= 15 is 0 Å². The number of aromatic nitrogens is 2. The number of esters is 1. The second-order valence-corrected chi connectivity index (χ2v) is 2.76. The average Bonchev–Trinajstić information content (AvgIpc) is 2.04. The number of hydrogen-bond donors (Lipinski definition) is 1. The van der Waals surface area contributed by atoms with E-state index in [4.69, 9.17) is 4.74 Å². The summed E-state index contributed by atoms with van der Waals surface area (Å²) in [5.41, 5.74) is -0.241. The Morgan fingerprint density at radius 3 is 2.69 bits per heavy atom. The van der Waals surface area contributed by atoms with Crippen LogP contribution in [0.2, 0.25) is 0 Å². The van der Waals surface area contributed by atoms with Crippen molar-refractivity contribution in [3.8, 4) is 0 Å². The molecule has 0 aromatic carbocycles. The van der Waals surface area contributed by atoms with Crippen LogP contribution in [-0.2, 0) is 4.74 Å². The van der Waals surface area contributed by atoms with Crippen LogP contribution in [0.25, 0.3) is 0 Å². The fourth-order valence-electron chi connectivity index (χ4n) is 0.733. The van der Waals surface area contributed by atoms with Crippen LogP contribution in [0.1, 0.15) is 24.3 Å². The fourth-order valence-corrected chi connectivity index (χ4v) is 0.733. The van der Waals surface area contributed by atoms with Gasteiger partial charge >= 0.3 is 5.97 Å². The molecule has 0 aliphatic heterocycles. The molecule has 0 saturated heterocycles. The zero-order valence-corrected chi connectivity index (χ0v) is 7.40. The molecule has 70 valence electrons. The molecule has 0 unspecified atom stereocenters. The summed E-state index contributed by atoms with van der Waals surface area (Å²) in [5, 5.41) is 5.67. The van der Waals surface area contributed by atoms with Crippen molar-refractivity contribution in [1.82, 2.24) is 10.2 Å². The van der Waals surface area contributed by atoms with E-state index in [0.29, 0.717) is 0 Å². The highest BCUT2D eigenvalue weighted by Gasteiger charge is 2.09. The molecule has 5 nitrogen and oxygen atoms in total. The van der Waals surface area contributed by atoms with Crippen LogP contribution in [0.3, 0.4) is 0 Å². The summed E-state index contributed by atoms with van der Waals surface area (Å²) < 4.78 is 4.85. The second-order valence-electron chi connectivity index (χ2n) is 2.76. The Hall–Kier alpha value is -1.65. The van der Waals surface area contributed by atoms with E-state index in [0.717, 1.165) is 0 Å². The smallest absolute Gasteiger partial charge is 0.359 e. The van der Waals surface area contributed by atoms with Gasteiger partial charge in [-0.3, -0.25) is 4.79 Å². The Labute approximate surface area is 74.7 Å². The van der Waals surface area contributed by atoms with Crippen LogP contribution in [0, 0.1) is 0 Å². The van der Waals surface area contributed by atoms with Gasteiger partial charge < -0.3 is 4.74 Å². The Bertz CT molecular complexity index is 336. The van der Waals surface area contributed by atoms with Crippen molar-refractivity contribution in [2.24, 2.45) is 0 Å². The summed E-state index contributed by atoms with van der Waals surface area (Å²) in [6.07, 6.45) is -0.193. The van der Waals surface area contributed by atoms with Gasteiger partial charge in [-0.15, -0.1) is 0 Å². The number of nitrogens with zero attached hydrogens (tertiary/aromatic N) is 1. The second kappa shape index (κ2) is 3.84. The fraction of sp³-hybridized carbons (Fsp3) is 0.375. The van der Waals surface area contributed by atoms with Crippen molar-refractivity contribution in [2.45, 2.75) is 20.0 Å². The molecule has 1 aromatic rings. The maximum Gasteiger partial charge on any atom is 0.359 e. The van der Waals surface area contributed by atoms with Gasteiger partial charge in [0.05, 0.1) is 6.10 Å². The lowest BCUT2D eigenvalue weighted by Gasteiger charge is -2.05. The number of rotatable bonds is 2. The van der Waals surface area contributed by atoms with Crippen molar-refractivity contribution in [2.75, 3.05) is 0 Å². The van der Waals surface area contributed by atoms with E-state index in [-0.39, 0.29) is 17.4 Å². The summed E-state index contributed by atoms with van der Waals surface area (Å²) >= 11 is 0. The van der Waals surface area contributed by atoms with E-state index in [1.165, 1.54) is 12.1 Å². The van der Waals surface area contributed by atoms with E-state index < -0.39 is 5.97 Å². The maximum absolute atomic E-state index is 11.2. The molecule has 5 heteroatoms. The molecule has 0 bridgehead atoms. The van der Waals surface area contributed by atoms with Crippen LogP contribution in [-0.4, -0.2) is 22.3 Å². The molecule has 1 heterocycles. The van der Waals surface area contributed by atoms with Crippen LogP contribution in [0.15, 0.2) is 16.9 Å². The van der Waals surface area contributed by atoms with E-state index in [9.17, 15) is 9.59 Å². The highest BCUT2D eigenvalue weighted by molar-refractivity contribution is 5.86. The number of H-pyrrole nitrogens is 1. The van der Waals surface area contributed by atoms with Crippen molar-refractivity contribution < 1.29 is 9.53 Å². The maximum atomic E-state index is 11.2. The molecule has 13 heavy (non-hydrogen) atoms. The third-order valence-corrected chi connectivity index (χ3v) is 1.23. The molecule has 0 amide bonds. The van der Waals surface area contributed by atoms with Crippen LogP contribution in [0.4, 0.5) is 0 Å². The van der Waals surface area contributed by atoms with Gasteiger partial charge in [-0.25, -0.2) is 9.89 Å². The molecular weight excluding hydrogens is 172 g/mol. The zero-order valence-electron chi connectivity index (χ0n) is 7.40. The van der Waals surface area contributed by atoms with Gasteiger partial charge in [0.1, 0.15) is 0 Å². The van der Waals surface area contributed by atoms with E-state index in [1.807, 2.05) is 0 Å². The van der Waals surface area contributed by atoms with Crippen LogP contribution < -0.4 is 5.56 Å². The highest BCUT2D eigenvalue weighted by Crippen LogP contribution is 1.97. The van der Waals surface area contributed by atoms with Gasteiger partial charge in [0.15, 0.2) is 5.69 Å². The third kappa shape index (κ3) is 2.70. The number of carbonyl (C=O) groups excluding carboxylic acids is 1. The number of carbonyl (C=O) groups is 1. The van der Waals surface area contributed by atoms with E-state index in [2.05, 4.69) is 10.2 Å². The summed E-state index contributed by atoms with van der Waals surface area (Å²) in [5.74, 6) is -0.536. The molecule has 0 saturated carbocycles. The lowest BCUT2D eigenvalue weighted by Crippen LogP contribution is -2.16. The first kappa shape index (κ1) is 9.44. The highest BCUT2D eigenvalue weighted by atomic mass is 16.5. The summed E-state index contributed by atoms with van der Waals surface area (Å²) in [4.78, 5) is 21.8. The molecule has 0 fully saturated rings.